The fourth-order valence-corrected chi connectivity index (χ4v) is 8.99. The number of carbonyl (C=O) groups is 4. The van der Waals surface area contributed by atoms with Gasteiger partial charge in [0.15, 0.2) is 18.1 Å². The van der Waals surface area contributed by atoms with Gasteiger partial charge in [0.05, 0.1) is 6.10 Å². The lowest BCUT2D eigenvalue weighted by atomic mass is 9.45. The summed E-state index contributed by atoms with van der Waals surface area (Å²) in [5.74, 6) is -3.10. The highest BCUT2D eigenvalue weighted by molar-refractivity contribution is 5.94. The quantitative estimate of drug-likeness (QED) is 0.153. The highest BCUT2D eigenvalue weighted by Crippen LogP contribution is 2.70. The molecule has 0 aliphatic heterocycles. The lowest BCUT2D eigenvalue weighted by Crippen LogP contribution is -2.69. The number of carbonyl (C=O) groups excluding carboxylic acids is 3. The molecule has 4 aliphatic rings. The topological polar surface area (TPSA) is 150 Å². The monoisotopic (exact) mass is 619 g/mol. The molecule has 5 unspecified atom stereocenters. The van der Waals surface area contributed by atoms with E-state index in [9.17, 15) is 29.4 Å². The summed E-state index contributed by atoms with van der Waals surface area (Å²) in [6.07, 6.45) is 11.0. The van der Waals surface area contributed by atoms with Gasteiger partial charge < -0.3 is 25.4 Å². The second kappa shape index (κ2) is 13.4. The molecule has 2 fully saturated rings. The molecule has 1 amide bonds. The molecule has 4 aliphatic carbocycles. The summed E-state index contributed by atoms with van der Waals surface area (Å²) in [5.41, 5.74) is -5.56. The Bertz CT molecular complexity index is 1190. The number of ketones is 2. The molecule has 0 aromatic rings. The number of carboxylic acids is 1. The molecule has 0 aromatic heterocycles. The van der Waals surface area contributed by atoms with Crippen LogP contribution in [0.3, 0.4) is 0 Å². The number of hydrogen-bond donors (Lipinski definition) is 4. The van der Waals surface area contributed by atoms with Crippen LogP contribution in [-0.4, -0.2) is 69.5 Å². The standard InChI is InChI=1S/C34H50FNO8/c1-22-18-26-25-14-13-23-19-24(37)15-16-31(23,2)33(25,35)27(38)20-32(26,3)34(22,43)28(39)21-44-30(42)36-17-11-9-7-5-4-6-8-10-12-29(40)41/h13,15-16,22,25-27,38,43H,4-12,14,17-21H2,1-3H3,(H,36,42)(H,40,41)/t22-,25?,26?,27?,31?,32?,33+,34+/m1/s1. The molecule has 0 aromatic carbocycles. The average molecular weight is 620 g/mol. The summed E-state index contributed by atoms with van der Waals surface area (Å²) in [5, 5.41) is 34.8. The summed E-state index contributed by atoms with van der Waals surface area (Å²) in [6.45, 7) is 5.02. The number of allylic oxidation sites excluding steroid dienone is 4. The van der Waals surface area contributed by atoms with E-state index in [1.165, 1.54) is 6.08 Å². The first kappa shape index (κ1) is 34.3. The first-order chi connectivity index (χ1) is 20.7. The van der Waals surface area contributed by atoms with Gasteiger partial charge in [0.2, 0.25) is 5.78 Å². The van der Waals surface area contributed by atoms with E-state index in [0.29, 0.717) is 31.4 Å². The maximum atomic E-state index is 17.3. The molecular formula is C34H50FNO8. The van der Waals surface area contributed by atoms with Crippen molar-refractivity contribution in [3.05, 3.63) is 23.8 Å². The van der Waals surface area contributed by atoms with Crippen LogP contribution in [0.2, 0.25) is 0 Å². The summed E-state index contributed by atoms with van der Waals surface area (Å²) >= 11 is 0. The number of aliphatic carboxylic acids is 1. The number of ether oxygens (including phenoxy) is 1. The number of alkyl carbamates (subject to hydrolysis) is 1. The molecule has 4 N–H and O–H groups in total. The Balaban J connectivity index is 1.28. The van der Waals surface area contributed by atoms with Gasteiger partial charge in [-0.15, -0.1) is 0 Å². The van der Waals surface area contributed by atoms with Crippen LogP contribution in [0, 0.1) is 28.6 Å². The van der Waals surface area contributed by atoms with Gasteiger partial charge in [-0.05, 0) is 56.9 Å². The molecule has 0 radical (unpaired) electrons. The van der Waals surface area contributed by atoms with E-state index in [0.717, 1.165) is 44.9 Å². The maximum Gasteiger partial charge on any atom is 0.407 e. The van der Waals surface area contributed by atoms with Crippen molar-refractivity contribution in [2.45, 2.75) is 122 Å². The minimum atomic E-state index is -2.05. The van der Waals surface area contributed by atoms with Crippen LogP contribution in [0.4, 0.5) is 9.18 Å². The van der Waals surface area contributed by atoms with Crippen LogP contribution in [0.1, 0.15) is 104 Å². The fraction of sp³-hybridized carbons (Fsp3) is 0.765. The smallest absolute Gasteiger partial charge is 0.407 e. The second-order valence-corrected chi connectivity index (χ2v) is 14.1. The highest BCUT2D eigenvalue weighted by Gasteiger charge is 2.75. The zero-order valence-corrected chi connectivity index (χ0v) is 26.4. The van der Waals surface area contributed by atoms with Crippen molar-refractivity contribution in [1.82, 2.24) is 5.32 Å². The number of halogens is 1. The number of rotatable bonds is 14. The number of unbranched alkanes of at least 4 members (excludes halogenated alkanes) is 7. The first-order valence-corrected chi connectivity index (χ1v) is 16.4. The van der Waals surface area contributed by atoms with E-state index in [1.54, 1.807) is 26.8 Å². The minimum Gasteiger partial charge on any atom is -0.481 e. The van der Waals surface area contributed by atoms with Gasteiger partial charge in [-0.1, -0.05) is 70.1 Å². The molecular weight excluding hydrogens is 569 g/mol. The molecule has 0 saturated heterocycles. The maximum absolute atomic E-state index is 17.3. The van der Waals surface area contributed by atoms with Crippen LogP contribution in [0.5, 0.6) is 0 Å². The Hall–Kier alpha value is -2.59. The van der Waals surface area contributed by atoms with E-state index in [4.69, 9.17) is 9.84 Å². The number of carboxylic acid groups (broad SMARTS) is 1. The molecule has 9 nitrogen and oxygen atoms in total. The first-order valence-electron chi connectivity index (χ1n) is 16.4. The summed E-state index contributed by atoms with van der Waals surface area (Å²) in [6, 6.07) is 0. The third-order valence-electron chi connectivity index (χ3n) is 11.5. The zero-order valence-electron chi connectivity index (χ0n) is 26.4. The summed E-state index contributed by atoms with van der Waals surface area (Å²) < 4.78 is 22.5. The van der Waals surface area contributed by atoms with Crippen LogP contribution >= 0.6 is 0 Å². The van der Waals surface area contributed by atoms with Crippen molar-refractivity contribution >= 4 is 23.6 Å². The number of nitrogens with one attached hydrogen (secondary N) is 1. The minimum absolute atomic E-state index is 0.0947. The average Bonchev–Trinajstić information content (AvgIpc) is 3.17. The van der Waals surface area contributed by atoms with Gasteiger partial charge in [0, 0.05) is 36.1 Å². The molecule has 0 spiro atoms. The third-order valence-corrected chi connectivity index (χ3v) is 11.5. The van der Waals surface area contributed by atoms with Crippen LogP contribution in [-0.2, 0) is 19.1 Å². The lowest BCUT2D eigenvalue weighted by Gasteiger charge is -2.62. The van der Waals surface area contributed by atoms with Crippen molar-refractivity contribution in [1.29, 1.82) is 0 Å². The van der Waals surface area contributed by atoms with Gasteiger partial charge in [-0.25, -0.2) is 9.18 Å². The van der Waals surface area contributed by atoms with Crippen LogP contribution in [0.15, 0.2) is 23.8 Å². The Morgan fingerprint density at radius 3 is 2.34 bits per heavy atom. The Morgan fingerprint density at radius 2 is 1.68 bits per heavy atom. The van der Waals surface area contributed by atoms with Gasteiger partial charge in [0.1, 0.15) is 5.60 Å². The van der Waals surface area contributed by atoms with E-state index >= 15 is 4.39 Å². The molecule has 4 rings (SSSR count). The highest BCUT2D eigenvalue weighted by atomic mass is 19.1. The summed E-state index contributed by atoms with van der Waals surface area (Å²) in [7, 11) is 0. The normalized spacial score (nSPS) is 37.4. The van der Waals surface area contributed by atoms with Crippen molar-refractivity contribution in [2.24, 2.45) is 28.6 Å². The number of hydrogen-bond acceptors (Lipinski definition) is 7. The fourth-order valence-electron chi connectivity index (χ4n) is 8.99. The Kier molecular flexibility index (Phi) is 10.5. The Morgan fingerprint density at radius 1 is 1.05 bits per heavy atom. The number of amides is 1. The van der Waals surface area contributed by atoms with Gasteiger partial charge >= 0.3 is 12.1 Å². The van der Waals surface area contributed by atoms with Crippen LogP contribution < -0.4 is 5.32 Å². The van der Waals surface area contributed by atoms with Gasteiger partial charge in [-0.2, -0.15) is 0 Å². The predicted octanol–water partition coefficient (Wildman–Crippen LogP) is 5.23. The van der Waals surface area contributed by atoms with E-state index < -0.39 is 70.4 Å². The number of aliphatic hydroxyl groups excluding tert-OH is 1. The predicted molar refractivity (Wildman–Crippen MR) is 161 cm³/mol. The number of alkyl halides is 1. The van der Waals surface area contributed by atoms with E-state index in [2.05, 4.69) is 5.32 Å². The van der Waals surface area contributed by atoms with Crippen molar-refractivity contribution < 1.29 is 43.6 Å². The molecule has 0 bridgehead atoms. The summed E-state index contributed by atoms with van der Waals surface area (Å²) in [4.78, 5) is 48.5. The lowest BCUT2D eigenvalue weighted by molar-refractivity contribution is -0.215. The zero-order chi connectivity index (χ0) is 32.3. The molecule has 246 valence electrons. The van der Waals surface area contributed by atoms with Gasteiger partial charge in [0.25, 0.3) is 0 Å². The number of fused-ring (bicyclic) bond motifs is 5. The molecule has 10 heteroatoms. The molecule has 2 saturated carbocycles. The number of Topliss-reactive ketones (excluding diaryl/α,β-unsaturated/α-hetero) is 1. The van der Waals surface area contributed by atoms with E-state index in [-0.39, 0.29) is 25.0 Å². The van der Waals surface area contributed by atoms with Crippen LogP contribution in [0.25, 0.3) is 0 Å². The molecule has 0 heterocycles. The van der Waals surface area contributed by atoms with E-state index in [1.807, 2.05) is 6.08 Å². The van der Waals surface area contributed by atoms with Crippen molar-refractivity contribution in [2.75, 3.05) is 13.2 Å². The second-order valence-electron chi connectivity index (χ2n) is 14.1. The third kappa shape index (κ3) is 6.00. The van der Waals surface area contributed by atoms with Crippen molar-refractivity contribution in [3.8, 4) is 0 Å². The molecule has 8 atom stereocenters. The number of aliphatic hydroxyl groups is 2. The largest absolute Gasteiger partial charge is 0.481 e. The van der Waals surface area contributed by atoms with Gasteiger partial charge in [-0.3, -0.25) is 14.4 Å². The molecule has 44 heavy (non-hydrogen) atoms. The van der Waals surface area contributed by atoms with Crippen molar-refractivity contribution in [3.63, 3.8) is 0 Å². The SMILES string of the molecule is C[C@@H]1CC2C3CC=C4CC(=O)C=CC4(C)[C@@]3(F)C(O)CC2(C)[C@@]1(O)C(=O)COC(=O)NCCCCCCCCCCC(=O)O. The Labute approximate surface area is 259 Å².